The predicted molar refractivity (Wildman–Crippen MR) is 107 cm³/mol. The first-order valence-electron chi connectivity index (χ1n) is 10.1. The van der Waals surface area contributed by atoms with Crippen LogP contribution in [0, 0.1) is 5.92 Å². The number of hydrogen-bond acceptors (Lipinski definition) is 5. The lowest BCUT2D eigenvalue weighted by Gasteiger charge is -2.26. The number of amides is 1. The van der Waals surface area contributed by atoms with E-state index in [0.29, 0.717) is 23.7 Å². The van der Waals surface area contributed by atoms with Gasteiger partial charge in [-0.1, -0.05) is 37.8 Å². The van der Waals surface area contributed by atoms with Gasteiger partial charge in [0, 0.05) is 13.5 Å². The summed E-state index contributed by atoms with van der Waals surface area (Å²) in [6.07, 6.45) is 4.97. The molecule has 1 fully saturated rings. The van der Waals surface area contributed by atoms with Crippen molar-refractivity contribution < 1.29 is 24.2 Å². The van der Waals surface area contributed by atoms with Crippen molar-refractivity contribution >= 4 is 12.1 Å². The standard InChI is InChI=1S/C22H33NO5/c1-22(2,3)28-21(26)23(4)15-19(24)17-10-12-18(13-11-17)27-20(25)14-9-16-7-5-6-8-16/h10-13,16,19,24H,5-9,14-15H2,1-4H3. The lowest BCUT2D eigenvalue weighted by molar-refractivity contribution is -0.134. The molecule has 0 saturated heterocycles. The Labute approximate surface area is 167 Å². The molecule has 6 nitrogen and oxygen atoms in total. The summed E-state index contributed by atoms with van der Waals surface area (Å²) >= 11 is 0. The van der Waals surface area contributed by atoms with Crippen molar-refractivity contribution in [3.63, 3.8) is 0 Å². The summed E-state index contributed by atoms with van der Waals surface area (Å²) in [5.41, 5.74) is 0.0562. The van der Waals surface area contributed by atoms with Crippen molar-refractivity contribution in [2.24, 2.45) is 5.92 Å². The number of likely N-dealkylation sites (N-methyl/N-ethyl adjacent to an activating group) is 1. The Morgan fingerprint density at radius 1 is 1.18 bits per heavy atom. The number of benzene rings is 1. The fraction of sp³-hybridized carbons (Fsp3) is 0.636. The molecule has 0 radical (unpaired) electrons. The smallest absolute Gasteiger partial charge is 0.410 e. The molecule has 1 aromatic carbocycles. The number of ether oxygens (including phenoxy) is 2. The van der Waals surface area contributed by atoms with E-state index in [1.54, 1.807) is 52.1 Å². The van der Waals surface area contributed by atoms with E-state index in [-0.39, 0.29) is 12.5 Å². The lowest BCUT2D eigenvalue weighted by Crippen LogP contribution is -2.36. The normalized spacial score (nSPS) is 15.9. The van der Waals surface area contributed by atoms with Crippen LogP contribution in [-0.2, 0) is 9.53 Å². The quantitative estimate of drug-likeness (QED) is 0.548. The monoisotopic (exact) mass is 391 g/mol. The molecule has 1 unspecified atom stereocenters. The van der Waals surface area contributed by atoms with Crippen LogP contribution in [0.5, 0.6) is 5.75 Å². The van der Waals surface area contributed by atoms with Crippen LogP contribution in [0.2, 0.25) is 0 Å². The first-order valence-corrected chi connectivity index (χ1v) is 10.1. The van der Waals surface area contributed by atoms with E-state index in [1.165, 1.54) is 30.6 Å². The molecule has 0 aromatic heterocycles. The second kappa shape index (κ2) is 9.92. The second-order valence-electron chi connectivity index (χ2n) is 8.61. The van der Waals surface area contributed by atoms with Gasteiger partial charge >= 0.3 is 12.1 Å². The Bertz CT molecular complexity index is 644. The molecule has 2 rings (SSSR count). The van der Waals surface area contributed by atoms with Crippen LogP contribution in [0.15, 0.2) is 24.3 Å². The van der Waals surface area contributed by atoms with E-state index in [9.17, 15) is 14.7 Å². The molecule has 156 valence electrons. The minimum Gasteiger partial charge on any atom is -0.444 e. The summed E-state index contributed by atoms with van der Waals surface area (Å²) in [6.45, 7) is 5.49. The molecule has 0 heterocycles. The minimum atomic E-state index is -0.857. The van der Waals surface area contributed by atoms with E-state index in [0.717, 1.165) is 6.42 Å². The van der Waals surface area contributed by atoms with Crippen LogP contribution >= 0.6 is 0 Å². The highest BCUT2D eigenvalue weighted by Crippen LogP contribution is 2.28. The molecule has 6 heteroatoms. The lowest BCUT2D eigenvalue weighted by atomic mass is 10.0. The Hall–Kier alpha value is -2.08. The third kappa shape index (κ3) is 7.50. The van der Waals surface area contributed by atoms with Gasteiger partial charge in [0.1, 0.15) is 11.4 Å². The topological polar surface area (TPSA) is 76.1 Å². The number of aliphatic hydroxyl groups is 1. The Balaban J connectivity index is 1.80. The molecule has 1 saturated carbocycles. The molecular weight excluding hydrogens is 358 g/mol. The summed E-state index contributed by atoms with van der Waals surface area (Å²) in [4.78, 5) is 25.3. The van der Waals surface area contributed by atoms with Gasteiger partial charge in [-0.15, -0.1) is 0 Å². The van der Waals surface area contributed by atoms with Crippen LogP contribution in [0.25, 0.3) is 0 Å². The number of esters is 1. The van der Waals surface area contributed by atoms with E-state index in [2.05, 4.69) is 0 Å². The third-order valence-electron chi connectivity index (χ3n) is 4.88. The summed E-state index contributed by atoms with van der Waals surface area (Å²) in [5.74, 6) is 0.907. The van der Waals surface area contributed by atoms with Crippen molar-refractivity contribution in [3.05, 3.63) is 29.8 Å². The number of carbonyl (C=O) groups is 2. The highest BCUT2D eigenvalue weighted by molar-refractivity contribution is 5.72. The number of rotatable bonds is 7. The average molecular weight is 392 g/mol. The van der Waals surface area contributed by atoms with Crippen LogP contribution in [0.4, 0.5) is 4.79 Å². The largest absolute Gasteiger partial charge is 0.444 e. The molecule has 0 aliphatic heterocycles. The Morgan fingerprint density at radius 3 is 2.36 bits per heavy atom. The third-order valence-corrected chi connectivity index (χ3v) is 4.88. The second-order valence-corrected chi connectivity index (χ2v) is 8.61. The molecule has 1 aliphatic rings. The summed E-state index contributed by atoms with van der Waals surface area (Å²) in [6, 6.07) is 6.74. The van der Waals surface area contributed by atoms with E-state index in [1.807, 2.05) is 0 Å². The maximum atomic E-state index is 12.0. The van der Waals surface area contributed by atoms with Gasteiger partial charge in [-0.2, -0.15) is 0 Å². The fourth-order valence-electron chi connectivity index (χ4n) is 3.34. The highest BCUT2D eigenvalue weighted by atomic mass is 16.6. The summed E-state index contributed by atoms with van der Waals surface area (Å²) in [5, 5.41) is 10.4. The highest BCUT2D eigenvalue weighted by Gasteiger charge is 2.22. The van der Waals surface area contributed by atoms with Crippen molar-refractivity contribution in [2.75, 3.05) is 13.6 Å². The van der Waals surface area contributed by atoms with Crippen LogP contribution in [-0.4, -0.2) is 41.3 Å². The average Bonchev–Trinajstić information content (AvgIpc) is 3.12. The first kappa shape index (κ1) is 22.2. The number of hydrogen-bond donors (Lipinski definition) is 1. The molecule has 1 aliphatic carbocycles. The maximum absolute atomic E-state index is 12.0. The SMILES string of the molecule is CN(CC(O)c1ccc(OC(=O)CCC2CCCC2)cc1)C(=O)OC(C)(C)C. The van der Waals surface area contributed by atoms with Gasteiger partial charge in [0.05, 0.1) is 12.6 Å². The fourth-order valence-corrected chi connectivity index (χ4v) is 3.34. The van der Waals surface area contributed by atoms with Crippen LogP contribution in [0.3, 0.4) is 0 Å². The predicted octanol–water partition coefficient (Wildman–Crippen LogP) is 4.46. The first-order chi connectivity index (χ1) is 13.1. The van der Waals surface area contributed by atoms with Gasteiger partial charge < -0.3 is 19.5 Å². The Morgan fingerprint density at radius 2 is 1.79 bits per heavy atom. The zero-order valence-corrected chi connectivity index (χ0v) is 17.4. The van der Waals surface area contributed by atoms with Crippen molar-refractivity contribution in [1.82, 2.24) is 4.90 Å². The van der Waals surface area contributed by atoms with Gasteiger partial charge in [-0.05, 0) is 50.8 Å². The van der Waals surface area contributed by atoms with Crippen molar-refractivity contribution in [3.8, 4) is 5.75 Å². The molecule has 1 aromatic rings. The molecule has 0 spiro atoms. The molecular formula is C22H33NO5. The zero-order chi connectivity index (χ0) is 20.7. The Kier molecular flexibility index (Phi) is 7.87. The molecule has 0 bridgehead atoms. The van der Waals surface area contributed by atoms with Gasteiger partial charge in [0.15, 0.2) is 0 Å². The van der Waals surface area contributed by atoms with Crippen LogP contribution in [0.1, 0.15) is 71.0 Å². The van der Waals surface area contributed by atoms with Gasteiger partial charge in [-0.3, -0.25) is 4.79 Å². The molecule has 28 heavy (non-hydrogen) atoms. The molecule has 1 atom stereocenters. The number of aliphatic hydroxyl groups excluding tert-OH is 1. The van der Waals surface area contributed by atoms with Gasteiger partial charge in [-0.25, -0.2) is 4.79 Å². The summed E-state index contributed by atoms with van der Waals surface area (Å²) in [7, 11) is 1.58. The van der Waals surface area contributed by atoms with Gasteiger partial charge in [0.2, 0.25) is 0 Å². The summed E-state index contributed by atoms with van der Waals surface area (Å²) < 4.78 is 10.7. The van der Waals surface area contributed by atoms with E-state index < -0.39 is 17.8 Å². The maximum Gasteiger partial charge on any atom is 0.410 e. The van der Waals surface area contributed by atoms with Crippen molar-refractivity contribution in [1.29, 1.82) is 0 Å². The molecule has 1 amide bonds. The van der Waals surface area contributed by atoms with Crippen molar-refractivity contribution in [2.45, 2.75) is 71.0 Å². The molecule has 1 N–H and O–H groups in total. The van der Waals surface area contributed by atoms with Gasteiger partial charge in [0.25, 0.3) is 0 Å². The number of nitrogens with zero attached hydrogens (tertiary/aromatic N) is 1. The van der Waals surface area contributed by atoms with E-state index >= 15 is 0 Å². The van der Waals surface area contributed by atoms with E-state index in [4.69, 9.17) is 9.47 Å². The zero-order valence-electron chi connectivity index (χ0n) is 17.4. The van der Waals surface area contributed by atoms with Crippen LogP contribution < -0.4 is 4.74 Å². The minimum absolute atomic E-state index is 0.107. The number of carbonyl (C=O) groups excluding carboxylic acids is 2.